The Hall–Kier alpha value is -3.53. The second-order valence-electron chi connectivity index (χ2n) is 7.02. The molecule has 132 valence electrons. The van der Waals surface area contributed by atoms with E-state index < -0.39 is 0 Å². The van der Waals surface area contributed by atoms with Crippen molar-refractivity contribution in [2.75, 3.05) is 17.7 Å². The summed E-state index contributed by atoms with van der Waals surface area (Å²) in [6.45, 7) is 0. The fraction of sp³-hybridized carbons (Fsp3) is 0.0870. The molecule has 0 amide bonds. The Labute approximate surface area is 159 Å². The first kappa shape index (κ1) is 15.7. The molecule has 27 heavy (non-hydrogen) atoms. The monoisotopic (exact) mass is 353 g/mol. The molecule has 3 heterocycles. The highest BCUT2D eigenvalue weighted by molar-refractivity contribution is 5.96. The summed E-state index contributed by atoms with van der Waals surface area (Å²) in [5.41, 5.74) is 9.27. The van der Waals surface area contributed by atoms with E-state index >= 15 is 0 Å². The van der Waals surface area contributed by atoms with Crippen molar-refractivity contribution in [3.8, 4) is 0 Å². The van der Waals surface area contributed by atoms with Gasteiger partial charge in [-0.1, -0.05) is 12.1 Å². The van der Waals surface area contributed by atoms with Gasteiger partial charge in [-0.3, -0.25) is 0 Å². The van der Waals surface area contributed by atoms with Gasteiger partial charge in [0.15, 0.2) is 12.4 Å². The average Bonchev–Trinajstić information content (AvgIpc) is 3.06. The van der Waals surface area contributed by atoms with Crippen molar-refractivity contribution in [2.24, 2.45) is 7.05 Å². The van der Waals surface area contributed by atoms with Crippen LogP contribution in [0, 0.1) is 0 Å². The van der Waals surface area contributed by atoms with Crippen LogP contribution in [-0.2, 0) is 7.05 Å². The van der Waals surface area contributed by atoms with E-state index in [1.807, 2.05) is 14.1 Å². The number of hydrogen-bond donors (Lipinski definition) is 2. The number of anilines is 2. The highest BCUT2D eigenvalue weighted by Gasteiger charge is 2.29. The lowest BCUT2D eigenvalue weighted by Gasteiger charge is -2.25. The Morgan fingerprint density at radius 2 is 1.48 bits per heavy atom. The number of allylic oxidation sites excluding steroid dienone is 5. The van der Waals surface area contributed by atoms with Crippen LogP contribution in [0.1, 0.15) is 5.56 Å². The predicted octanol–water partition coefficient (Wildman–Crippen LogP) is 3.93. The van der Waals surface area contributed by atoms with Gasteiger partial charge in [0.25, 0.3) is 0 Å². The summed E-state index contributed by atoms with van der Waals surface area (Å²) in [4.78, 5) is 2.05. The first-order valence-electron chi connectivity index (χ1n) is 9.07. The number of pyridine rings is 1. The third-order valence-electron chi connectivity index (χ3n) is 5.10. The minimum absolute atomic E-state index is 1.10. The van der Waals surface area contributed by atoms with Gasteiger partial charge < -0.3 is 15.5 Å². The predicted molar refractivity (Wildman–Crippen MR) is 109 cm³/mol. The summed E-state index contributed by atoms with van der Waals surface area (Å²) in [6, 6.07) is 12.6. The van der Waals surface area contributed by atoms with Crippen LogP contribution < -0.4 is 15.2 Å². The smallest absolute Gasteiger partial charge is 0.169 e. The molecule has 0 spiro atoms. The number of nitrogens with one attached hydrogen (secondary N) is 2. The summed E-state index contributed by atoms with van der Waals surface area (Å²) in [5.74, 6) is 0. The quantitative estimate of drug-likeness (QED) is 0.762. The molecule has 0 saturated carbocycles. The molecule has 1 aromatic carbocycles. The van der Waals surface area contributed by atoms with Crippen LogP contribution in [0.15, 0.2) is 102 Å². The normalized spacial score (nSPS) is 17.4. The van der Waals surface area contributed by atoms with Gasteiger partial charge in [-0.05, 0) is 41.5 Å². The Morgan fingerprint density at radius 3 is 2.15 bits per heavy atom. The molecular weight excluding hydrogens is 332 g/mol. The van der Waals surface area contributed by atoms with Crippen LogP contribution in [0.25, 0.3) is 5.57 Å². The lowest BCUT2D eigenvalue weighted by molar-refractivity contribution is -0.671. The second kappa shape index (κ2) is 6.02. The van der Waals surface area contributed by atoms with E-state index in [9.17, 15) is 0 Å². The van der Waals surface area contributed by atoms with Crippen LogP contribution in [0.5, 0.6) is 0 Å². The minimum atomic E-state index is 1.10. The molecule has 2 aromatic rings. The SMILES string of the molecule is CN1C=CC(=C2C=C(c3cc[n+](C)cc3)C3=C2Nc2ccccc2N3)C=C1. The number of benzene rings is 1. The molecule has 0 radical (unpaired) electrons. The first-order valence-corrected chi connectivity index (χ1v) is 9.07. The molecule has 4 nitrogen and oxygen atoms in total. The lowest BCUT2D eigenvalue weighted by Crippen LogP contribution is -2.26. The fourth-order valence-corrected chi connectivity index (χ4v) is 3.60. The molecule has 0 atom stereocenters. The first-order chi connectivity index (χ1) is 13.2. The van der Waals surface area contributed by atoms with Crippen molar-refractivity contribution in [2.45, 2.75) is 0 Å². The third-order valence-corrected chi connectivity index (χ3v) is 5.10. The highest BCUT2D eigenvalue weighted by Crippen LogP contribution is 2.44. The van der Waals surface area contributed by atoms with Crippen LogP contribution in [-0.4, -0.2) is 11.9 Å². The Morgan fingerprint density at radius 1 is 0.852 bits per heavy atom. The zero-order valence-corrected chi connectivity index (χ0v) is 15.4. The van der Waals surface area contributed by atoms with E-state index in [-0.39, 0.29) is 0 Å². The Balaban J connectivity index is 1.67. The van der Waals surface area contributed by atoms with Crippen LogP contribution >= 0.6 is 0 Å². The van der Waals surface area contributed by atoms with Crippen molar-refractivity contribution in [1.29, 1.82) is 0 Å². The van der Waals surface area contributed by atoms with E-state index in [2.05, 4.69) is 99.5 Å². The van der Waals surface area contributed by atoms with Crippen LogP contribution in [0.4, 0.5) is 11.4 Å². The molecule has 1 aliphatic carbocycles. The van der Waals surface area contributed by atoms with E-state index in [0.717, 1.165) is 22.8 Å². The standard InChI is InChI=1S/C23H21N4/c1-26-11-7-16(8-12-26)18-15-19(17-9-13-27(2)14-10-17)23-22(18)24-20-5-3-4-6-21(20)25-23/h3-15,24-25H,1-2H3/q+1. The van der Waals surface area contributed by atoms with Crippen molar-refractivity contribution < 1.29 is 4.57 Å². The van der Waals surface area contributed by atoms with Crippen molar-refractivity contribution in [3.63, 3.8) is 0 Å². The van der Waals surface area contributed by atoms with Gasteiger partial charge in [0, 0.05) is 42.7 Å². The topological polar surface area (TPSA) is 31.2 Å². The molecule has 2 N–H and O–H groups in total. The highest BCUT2D eigenvalue weighted by atomic mass is 15.1. The molecule has 5 rings (SSSR count). The molecule has 4 heteroatoms. The number of fused-ring (bicyclic) bond motifs is 1. The number of aryl methyl sites for hydroxylation is 1. The zero-order valence-electron chi connectivity index (χ0n) is 15.4. The number of hydrogen-bond acceptors (Lipinski definition) is 3. The number of aromatic nitrogens is 1. The van der Waals surface area contributed by atoms with Crippen molar-refractivity contribution >= 4 is 16.9 Å². The molecule has 3 aliphatic rings. The maximum absolute atomic E-state index is 3.65. The van der Waals surface area contributed by atoms with E-state index in [1.165, 1.54) is 22.3 Å². The van der Waals surface area contributed by atoms with Gasteiger partial charge in [0.2, 0.25) is 0 Å². The Kier molecular flexibility index (Phi) is 3.50. The van der Waals surface area contributed by atoms with Crippen molar-refractivity contribution in [1.82, 2.24) is 4.90 Å². The molecular formula is C23H21N4+. The van der Waals surface area contributed by atoms with Gasteiger partial charge in [-0.2, -0.15) is 0 Å². The zero-order chi connectivity index (χ0) is 18.4. The van der Waals surface area contributed by atoms with Crippen molar-refractivity contribution in [3.05, 3.63) is 108 Å². The second-order valence-corrected chi connectivity index (χ2v) is 7.02. The van der Waals surface area contributed by atoms with Gasteiger partial charge in [0.05, 0.1) is 22.8 Å². The van der Waals surface area contributed by atoms with Gasteiger partial charge >= 0.3 is 0 Å². The van der Waals surface area contributed by atoms with Crippen LogP contribution in [0.2, 0.25) is 0 Å². The van der Waals surface area contributed by atoms with Gasteiger partial charge in [0.1, 0.15) is 7.05 Å². The summed E-state index contributed by atoms with van der Waals surface area (Å²) in [7, 11) is 4.07. The summed E-state index contributed by atoms with van der Waals surface area (Å²) in [6.07, 6.45) is 14.9. The van der Waals surface area contributed by atoms with Crippen LogP contribution in [0.3, 0.4) is 0 Å². The molecule has 1 aromatic heterocycles. The molecule has 0 saturated heterocycles. The fourth-order valence-electron chi connectivity index (χ4n) is 3.60. The molecule has 0 fully saturated rings. The van der Waals surface area contributed by atoms with E-state index in [1.54, 1.807) is 0 Å². The minimum Gasteiger partial charge on any atom is -0.357 e. The third kappa shape index (κ3) is 2.66. The average molecular weight is 353 g/mol. The summed E-state index contributed by atoms with van der Waals surface area (Å²) in [5, 5.41) is 7.30. The maximum Gasteiger partial charge on any atom is 0.169 e. The number of para-hydroxylation sites is 2. The number of rotatable bonds is 1. The Bertz CT molecular complexity index is 1070. The molecule has 2 aliphatic heterocycles. The molecule has 0 bridgehead atoms. The summed E-state index contributed by atoms with van der Waals surface area (Å²) >= 11 is 0. The lowest BCUT2D eigenvalue weighted by atomic mass is 10.0. The number of nitrogens with zero attached hydrogens (tertiary/aromatic N) is 2. The van der Waals surface area contributed by atoms with E-state index in [0.29, 0.717) is 0 Å². The summed E-state index contributed by atoms with van der Waals surface area (Å²) < 4.78 is 2.05. The molecule has 0 unspecified atom stereocenters. The largest absolute Gasteiger partial charge is 0.357 e. The van der Waals surface area contributed by atoms with Gasteiger partial charge in [-0.15, -0.1) is 0 Å². The van der Waals surface area contributed by atoms with Gasteiger partial charge in [-0.25, -0.2) is 4.57 Å². The maximum atomic E-state index is 3.65. The van der Waals surface area contributed by atoms with E-state index in [4.69, 9.17) is 0 Å².